The molecule has 0 radical (unpaired) electrons. The van der Waals surface area contributed by atoms with Crippen LogP contribution in [0.3, 0.4) is 0 Å². The number of benzene rings is 2. The van der Waals surface area contributed by atoms with E-state index in [0.717, 1.165) is 25.0 Å². The first-order chi connectivity index (χ1) is 12.4. The SMILES string of the molecule is COc1ccc(NS(=O)(=O)c2ccc(F)cc2)cc1N1CCCCC1=O. The van der Waals surface area contributed by atoms with E-state index in [-0.39, 0.29) is 10.8 Å². The van der Waals surface area contributed by atoms with Crippen molar-refractivity contribution in [2.75, 3.05) is 23.3 Å². The Morgan fingerprint density at radius 3 is 2.50 bits per heavy atom. The number of nitrogens with zero attached hydrogens (tertiary/aromatic N) is 1. The van der Waals surface area contributed by atoms with Crippen molar-refractivity contribution in [1.82, 2.24) is 0 Å². The number of carbonyl (C=O) groups is 1. The van der Waals surface area contributed by atoms with Crippen molar-refractivity contribution in [3.8, 4) is 5.75 Å². The number of rotatable bonds is 5. The average molecular weight is 378 g/mol. The monoisotopic (exact) mass is 378 g/mol. The predicted molar refractivity (Wildman–Crippen MR) is 96.4 cm³/mol. The van der Waals surface area contributed by atoms with Crippen LogP contribution in [0.5, 0.6) is 5.75 Å². The summed E-state index contributed by atoms with van der Waals surface area (Å²) in [5.41, 5.74) is 0.819. The molecule has 1 fully saturated rings. The molecule has 1 N–H and O–H groups in total. The van der Waals surface area contributed by atoms with E-state index in [9.17, 15) is 17.6 Å². The van der Waals surface area contributed by atoms with Crippen LogP contribution in [-0.4, -0.2) is 28.0 Å². The van der Waals surface area contributed by atoms with Crippen molar-refractivity contribution in [1.29, 1.82) is 0 Å². The lowest BCUT2D eigenvalue weighted by molar-refractivity contribution is -0.119. The summed E-state index contributed by atoms with van der Waals surface area (Å²) >= 11 is 0. The van der Waals surface area contributed by atoms with Crippen molar-refractivity contribution in [2.24, 2.45) is 0 Å². The molecule has 0 atom stereocenters. The Balaban J connectivity index is 1.92. The second-order valence-corrected chi connectivity index (χ2v) is 7.63. The molecule has 1 aliphatic heterocycles. The van der Waals surface area contributed by atoms with Gasteiger partial charge in [0.05, 0.1) is 23.4 Å². The molecule has 8 heteroatoms. The summed E-state index contributed by atoms with van der Waals surface area (Å²) < 4.78 is 45.7. The molecule has 1 saturated heterocycles. The van der Waals surface area contributed by atoms with Gasteiger partial charge in [0.15, 0.2) is 0 Å². The van der Waals surface area contributed by atoms with Gasteiger partial charge in [-0.3, -0.25) is 9.52 Å². The van der Waals surface area contributed by atoms with Crippen molar-refractivity contribution in [3.05, 3.63) is 48.3 Å². The van der Waals surface area contributed by atoms with Crippen LogP contribution < -0.4 is 14.4 Å². The van der Waals surface area contributed by atoms with Gasteiger partial charge in [-0.15, -0.1) is 0 Å². The van der Waals surface area contributed by atoms with E-state index in [1.807, 2.05) is 0 Å². The minimum absolute atomic E-state index is 0.0203. The zero-order chi connectivity index (χ0) is 18.7. The van der Waals surface area contributed by atoms with E-state index >= 15 is 0 Å². The van der Waals surface area contributed by atoms with E-state index in [1.54, 1.807) is 23.1 Å². The van der Waals surface area contributed by atoms with Gasteiger partial charge in [-0.25, -0.2) is 12.8 Å². The average Bonchev–Trinajstić information content (AvgIpc) is 2.62. The fourth-order valence-electron chi connectivity index (χ4n) is 2.85. The summed E-state index contributed by atoms with van der Waals surface area (Å²) in [7, 11) is -2.38. The zero-order valence-corrected chi connectivity index (χ0v) is 15.1. The maximum absolute atomic E-state index is 13.0. The summed E-state index contributed by atoms with van der Waals surface area (Å²) in [4.78, 5) is 13.8. The Morgan fingerprint density at radius 1 is 1.12 bits per heavy atom. The molecular weight excluding hydrogens is 359 g/mol. The highest BCUT2D eigenvalue weighted by Crippen LogP contribution is 2.34. The van der Waals surface area contributed by atoms with Crippen LogP contribution in [0.4, 0.5) is 15.8 Å². The van der Waals surface area contributed by atoms with E-state index in [4.69, 9.17) is 4.74 Å². The lowest BCUT2D eigenvalue weighted by atomic mass is 10.1. The standard InChI is InChI=1S/C18H19FN2O4S/c1-25-17-10-7-14(12-16(17)21-11-3-2-4-18(21)22)20-26(23,24)15-8-5-13(19)6-9-15/h5-10,12,20H,2-4,11H2,1H3. The van der Waals surface area contributed by atoms with Gasteiger partial charge in [-0.2, -0.15) is 0 Å². The van der Waals surface area contributed by atoms with Crippen LogP contribution >= 0.6 is 0 Å². The van der Waals surface area contributed by atoms with E-state index < -0.39 is 15.8 Å². The van der Waals surface area contributed by atoms with Gasteiger partial charge in [0, 0.05) is 13.0 Å². The predicted octanol–water partition coefficient (Wildman–Crippen LogP) is 3.15. The molecule has 1 aliphatic rings. The molecule has 0 spiro atoms. The van der Waals surface area contributed by atoms with Crippen molar-refractivity contribution in [3.63, 3.8) is 0 Å². The molecule has 0 aromatic heterocycles. The fraction of sp³-hybridized carbons (Fsp3) is 0.278. The van der Waals surface area contributed by atoms with Crippen LogP contribution in [-0.2, 0) is 14.8 Å². The molecule has 0 saturated carbocycles. The van der Waals surface area contributed by atoms with E-state index in [1.165, 1.54) is 19.2 Å². The number of anilines is 2. The molecule has 0 aliphatic carbocycles. The van der Waals surface area contributed by atoms with Crippen LogP contribution in [0.2, 0.25) is 0 Å². The third-order valence-electron chi connectivity index (χ3n) is 4.17. The number of amides is 1. The Labute approximate surface area is 151 Å². The number of nitrogens with one attached hydrogen (secondary N) is 1. The van der Waals surface area contributed by atoms with Gasteiger partial charge in [-0.1, -0.05) is 0 Å². The van der Waals surface area contributed by atoms with Gasteiger partial charge >= 0.3 is 0 Å². The molecule has 2 aromatic rings. The number of hydrogen-bond donors (Lipinski definition) is 1. The molecule has 3 rings (SSSR count). The normalized spacial score (nSPS) is 15.0. The fourth-order valence-corrected chi connectivity index (χ4v) is 3.90. The van der Waals surface area contributed by atoms with Crippen LogP contribution in [0.1, 0.15) is 19.3 Å². The zero-order valence-electron chi connectivity index (χ0n) is 14.2. The summed E-state index contributed by atoms with van der Waals surface area (Å²) in [5.74, 6) is -0.0441. The van der Waals surface area contributed by atoms with Gasteiger partial charge in [0.2, 0.25) is 5.91 Å². The minimum Gasteiger partial charge on any atom is -0.495 e. The Morgan fingerprint density at radius 2 is 1.85 bits per heavy atom. The number of ether oxygens (including phenoxy) is 1. The van der Waals surface area contributed by atoms with E-state index in [2.05, 4.69) is 4.72 Å². The minimum atomic E-state index is -3.87. The summed E-state index contributed by atoms with van der Waals surface area (Å²) in [5, 5.41) is 0. The molecule has 2 aromatic carbocycles. The van der Waals surface area contributed by atoms with Crippen LogP contribution in [0.15, 0.2) is 47.4 Å². The first kappa shape index (κ1) is 18.2. The van der Waals surface area contributed by atoms with E-state index in [0.29, 0.717) is 30.1 Å². The third-order valence-corrected chi connectivity index (χ3v) is 5.57. The second-order valence-electron chi connectivity index (χ2n) is 5.95. The third kappa shape index (κ3) is 3.80. The summed E-state index contributed by atoms with van der Waals surface area (Å²) in [6, 6.07) is 9.29. The molecule has 1 amide bonds. The number of piperidine rings is 1. The molecule has 0 unspecified atom stereocenters. The highest BCUT2D eigenvalue weighted by atomic mass is 32.2. The topological polar surface area (TPSA) is 75.7 Å². The molecule has 0 bridgehead atoms. The highest BCUT2D eigenvalue weighted by molar-refractivity contribution is 7.92. The number of methoxy groups -OCH3 is 1. The molecule has 138 valence electrons. The van der Waals surface area contributed by atoms with Crippen molar-refractivity contribution >= 4 is 27.3 Å². The van der Waals surface area contributed by atoms with Gasteiger partial charge in [-0.05, 0) is 55.3 Å². The molecular formula is C18H19FN2O4S. The number of carbonyl (C=O) groups excluding carboxylic acids is 1. The van der Waals surface area contributed by atoms with Crippen LogP contribution in [0, 0.1) is 5.82 Å². The van der Waals surface area contributed by atoms with Crippen LogP contribution in [0.25, 0.3) is 0 Å². The smallest absolute Gasteiger partial charge is 0.261 e. The number of halogens is 1. The van der Waals surface area contributed by atoms with Crippen molar-refractivity contribution in [2.45, 2.75) is 24.2 Å². The second kappa shape index (κ2) is 7.33. The molecule has 6 nitrogen and oxygen atoms in total. The first-order valence-corrected chi connectivity index (χ1v) is 9.66. The lowest BCUT2D eigenvalue weighted by Crippen LogP contribution is -2.35. The van der Waals surface area contributed by atoms with Gasteiger partial charge in [0.25, 0.3) is 10.0 Å². The maximum Gasteiger partial charge on any atom is 0.261 e. The lowest BCUT2D eigenvalue weighted by Gasteiger charge is -2.28. The number of sulfonamides is 1. The summed E-state index contributed by atoms with van der Waals surface area (Å²) in [6.45, 7) is 0.559. The Kier molecular flexibility index (Phi) is 5.13. The quantitative estimate of drug-likeness (QED) is 0.867. The molecule has 1 heterocycles. The first-order valence-electron chi connectivity index (χ1n) is 8.17. The summed E-state index contributed by atoms with van der Waals surface area (Å²) in [6.07, 6.45) is 2.17. The largest absolute Gasteiger partial charge is 0.495 e. The number of hydrogen-bond acceptors (Lipinski definition) is 4. The van der Waals surface area contributed by atoms with Gasteiger partial charge < -0.3 is 9.64 Å². The molecule has 26 heavy (non-hydrogen) atoms. The van der Waals surface area contributed by atoms with Crippen molar-refractivity contribution < 1.29 is 22.3 Å². The van der Waals surface area contributed by atoms with Gasteiger partial charge in [0.1, 0.15) is 11.6 Å². The Bertz CT molecular complexity index is 913. The maximum atomic E-state index is 13.0. The highest BCUT2D eigenvalue weighted by Gasteiger charge is 2.23. The Hall–Kier alpha value is -2.61.